The third-order valence-corrected chi connectivity index (χ3v) is 5.80. The van der Waals surface area contributed by atoms with Gasteiger partial charge in [-0.25, -0.2) is 4.98 Å². The number of carbonyl (C=O) groups excluding carboxylic acids is 1. The Morgan fingerprint density at radius 1 is 1.10 bits per heavy atom. The van der Waals surface area contributed by atoms with E-state index in [1.807, 2.05) is 55.4 Å². The van der Waals surface area contributed by atoms with Crippen LogP contribution in [0.4, 0.5) is 5.13 Å². The molecule has 3 rings (SSSR count). The molecule has 0 spiro atoms. The predicted octanol–water partition coefficient (Wildman–Crippen LogP) is 4.71. The lowest BCUT2D eigenvalue weighted by Crippen LogP contribution is -2.36. The van der Waals surface area contributed by atoms with Crippen molar-refractivity contribution < 1.29 is 14.3 Å². The summed E-state index contributed by atoms with van der Waals surface area (Å²) in [6, 6.07) is 11.1. The Bertz CT molecular complexity index is 955. The fourth-order valence-electron chi connectivity index (χ4n) is 2.75. The number of rotatable bonds is 7. The molecule has 2 aromatic carbocycles. The van der Waals surface area contributed by atoms with E-state index < -0.39 is 0 Å². The zero-order chi connectivity index (χ0) is 20.3. The number of nitrogens with zero attached hydrogens (tertiary/aromatic N) is 3. The van der Waals surface area contributed by atoms with Gasteiger partial charge < -0.3 is 14.4 Å². The number of hydrogen-bond acceptors (Lipinski definition) is 6. The van der Waals surface area contributed by atoms with E-state index in [2.05, 4.69) is 15.9 Å². The first kappa shape index (κ1) is 23.4. The van der Waals surface area contributed by atoms with Gasteiger partial charge in [0.1, 0.15) is 21.7 Å². The molecule has 0 radical (unpaired) electrons. The molecule has 1 amide bonds. The van der Waals surface area contributed by atoms with Crippen LogP contribution in [-0.2, 0) is 0 Å². The molecule has 0 saturated heterocycles. The highest BCUT2D eigenvalue weighted by Gasteiger charge is 2.23. The summed E-state index contributed by atoms with van der Waals surface area (Å²) in [6.45, 7) is 1.23. The summed E-state index contributed by atoms with van der Waals surface area (Å²) in [5.41, 5.74) is 1.30. The van der Waals surface area contributed by atoms with E-state index >= 15 is 0 Å². The molecule has 0 saturated carbocycles. The number of ether oxygens (including phenoxy) is 2. The van der Waals surface area contributed by atoms with Crippen LogP contribution in [0, 0.1) is 0 Å². The number of halogens is 2. The maximum Gasteiger partial charge on any atom is 0.260 e. The smallest absolute Gasteiger partial charge is 0.260 e. The molecule has 0 aliphatic carbocycles. The molecule has 9 heteroatoms. The highest BCUT2D eigenvalue weighted by molar-refractivity contribution is 9.10. The van der Waals surface area contributed by atoms with Gasteiger partial charge in [0, 0.05) is 23.1 Å². The average molecular weight is 501 g/mol. The normalized spacial score (nSPS) is 10.7. The van der Waals surface area contributed by atoms with E-state index in [-0.39, 0.29) is 18.3 Å². The minimum atomic E-state index is -0.0971. The quantitative estimate of drug-likeness (QED) is 0.470. The Morgan fingerprint density at radius 2 is 1.79 bits per heavy atom. The lowest BCUT2D eigenvalue weighted by molar-refractivity contribution is 0.0985. The van der Waals surface area contributed by atoms with Crippen LogP contribution in [0.15, 0.2) is 40.9 Å². The molecule has 3 aromatic rings. The van der Waals surface area contributed by atoms with Crippen LogP contribution >= 0.6 is 39.7 Å². The van der Waals surface area contributed by atoms with Gasteiger partial charge >= 0.3 is 0 Å². The average Bonchev–Trinajstić information content (AvgIpc) is 3.12. The maximum atomic E-state index is 13.3. The molecule has 0 fully saturated rings. The summed E-state index contributed by atoms with van der Waals surface area (Å²) >= 11 is 4.86. The van der Waals surface area contributed by atoms with E-state index in [0.717, 1.165) is 9.17 Å². The van der Waals surface area contributed by atoms with E-state index in [0.29, 0.717) is 40.8 Å². The van der Waals surface area contributed by atoms with Gasteiger partial charge in [0.2, 0.25) is 0 Å². The molecule has 0 unspecified atom stereocenters. The van der Waals surface area contributed by atoms with E-state index in [1.165, 1.54) is 11.3 Å². The van der Waals surface area contributed by atoms with Crippen molar-refractivity contribution in [1.29, 1.82) is 0 Å². The third kappa shape index (κ3) is 5.19. The van der Waals surface area contributed by atoms with Gasteiger partial charge in [0.25, 0.3) is 5.91 Å². The van der Waals surface area contributed by atoms with Crippen LogP contribution in [0.25, 0.3) is 10.2 Å². The van der Waals surface area contributed by atoms with Crippen LogP contribution in [-0.4, -0.2) is 57.2 Å². The molecule has 0 aliphatic rings. The van der Waals surface area contributed by atoms with Gasteiger partial charge in [-0.15, -0.1) is 12.4 Å². The van der Waals surface area contributed by atoms with Crippen LogP contribution in [0.3, 0.4) is 0 Å². The SMILES string of the molecule is COc1ccc(OC)c2sc(N(CCN(C)C)C(=O)c3cccc(Br)c3)nc12.Cl. The Morgan fingerprint density at radius 3 is 2.41 bits per heavy atom. The van der Waals surface area contributed by atoms with Crippen LogP contribution in [0.2, 0.25) is 0 Å². The summed E-state index contributed by atoms with van der Waals surface area (Å²) in [5.74, 6) is 1.27. The molecule has 1 aromatic heterocycles. The standard InChI is InChI=1S/C20H22BrN3O3S.ClH/c1-23(2)10-11-24(19(25)13-6-5-7-14(21)12-13)20-22-17-15(26-3)8-9-16(27-4)18(17)28-20;/h5-9,12H,10-11H2,1-4H3;1H. The van der Waals surface area contributed by atoms with Crippen molar-refractivity contribution in [3.8, 4) is 11.5 Å². The number of likely N-dealkylation sites (N-methyl/N-ethyl adjacent to an activating group) is 1. The predicted molar refractivity (Wildman–Crippen MR) is 124 cm³/mol. The summed E-state index contributed by atoms with van der Waals surface area (Å²) in [6.07, 6.45) is 0. The number of anilines is 1. The molecule has 0 atom stereocenters. The number of aromatic nitrogens is 1. The fraction of sp³-hybridized carbons (Fsp3) is 0.300. The summed E-state index contributed by atoms with van der Waals surface area (Å²) in [5, 5.41) is 0.615. The van der Waals surface area contributed by atoms with Gasteiger partial charge in [0.05, 0.1) is 14.2 Å². The summed E-state index contributed by atoms with van der Waals surface area (Å²) in [4.78, 5) is 21.8. The Hall–Kier alpha value is -1.87. The first-order chi connectivity index (χ1) is 13.4. The Kier molecular flexibility index (Phi) is 8.27. The van der Waals surface area contributed by atoms with Gasteiger partial charge in [0.15, 0.2) is 5.13 Å². The van der Waals surface area contributed by atoms with Gasteiger partial charge in [-0.3, -0.25) is 9.69 Å². The van der Waals surface area contributed by atoms with Crippen LogP contribution < -0.4 is 14.4 Å². The number of amides is 1. The van der Waals surface area contributed by atoms with Crippen molar-refractivity contribution in [1.82, 2.24) is 9.88 Å². The molecule has 0 aliphatic heterocycles. The second-order valence-electron chi connectivity index (χ2n) is 6.41. The lowest BCUT2D eigenvalue weighted by Gasteiger charge is -2.22. The molecular formula is C20H23BrClN3O3S. The van der Waals surface area contributed by atoms with Crippen molar-refractivity contribution in [2.75, 3.05) is 46.3 Å². The molecule has 0 N–H and O–H groups in total. The van der Waals surface area contributed by atoms with Crippen molar-refractivity contribution in [3.05, 3.63) is 46.4 Å². The maximum absolute atomic E-state index is 13.3. The fourth-order valence-corrected chi connectivity index (χ4v) is 4.25. The number of fused-ring (bicyclic) bond motifs is 1. The second-order valence-corrected chi connectivity index (χ2v) is 8.31. The van der Waals surface area contributed by atoms with E-state index in [9.17, 15) is 4.79 Å². The first-order valence-electron chi connectivity index (χ1n) is 8.68. The van der Waals surface area contributed by atoms with Crippen molar-refractivity contribution >= 4 is 60.9 Å². The third-order valence-electron chi connectivity index (χ3n) is 4.22. The van der Waals surface area contributed by atoms with Crippen LogP contribution in [0.5, 0.6) is 11.5 Å². The Labute approximate surface area is 189 Å². The second kappa shape index (κ2) is 10.2. The number of thiazole rings is 1. The van der Waals surface area contributed by atoms with Gasteiger partial charge in [-0.05, 0) is 44.4 Å². The van der Waals surface area contributed by atoms with Crippen molar-refractivity contribution in [2.24, 2.45) is 0 Å². The topological polar surface area (TPSA) is 54.9 Å². The monoisotopic (exact) mass is 499 g/mol. The van der Waals surface area contributed by atoms with Crippen molar-refractivity contribution in [2.45, 2.75) is 0 Å². The highest BCUT2D eigenvalue weighted by atomic mass is 79.9. The molecule has 29 heavy (non-hydrogen) atoms. The summed E-state index contributed by atoms with van der Waals surface area (Å²) in [7, 11) is 7.19. The lowest BCUT2D eigenvalue weighted by atomic mass is 10.2. The Balaban J connectivity index is 0.00000300. The summed E-state index contributed by atoms with van der Waals surface area (Å²) < 4.78 is 12.6. The van der Waals surface area contributed by atoms with Gasteiger partial charge in [-0.2, -0.15) is 0 Å². The van der Waals surface area contributed by atoms with E-state index in [1.54, 1.807) is 19.1 Å². The highest BCUT2D eigenvalue weighted by Crippen LogP contribution is 2.40. The van der Waals surface area contributed by atoms with E-state index in [4.69, 9.17) is 14.5 Å². The zero-order valence-corrected chi connectivity index (χ0v) is 19.9. The van der Waals surface area contributed by atoms with Gasteiger partial charge in [-0.1, -0.05) is 33.3 Å². The number of hydrogen-bond donors (Lipinski definition) is 0. The number of benzene rings is 2. The zero-order valence-electron chi connectivity index (χ0n) is 16.6. The molecule has 156 valence electrons. The molecule has 0 bridgehead atoms. The van der Waals surface area contributed by atoms with Crippen molar-refractivity contribution in [3.63, 3.8) is 0 Å². The molecule has 6 nitrogen and oxygen atoms in total. The largest absolute Gasteiger partial charge is 0.495 e. The first-order valence-corrected chi connectivity index (χ1v) is 10.3. The minimum absolute atomic E-state index is 0. The van der Waals surface area contributed by atoms with Crippen LogP contribution in [0.1, 0.15) is 10.4 Å². The molecule has 1 heterocycles. The molecular weight excluding hydrogens is 478 g/mol. The minimum Gasteiger partial charge on any atom is -0.495 e. The number of methoxy groups -OCH3 is 2. The number of carbonyl (C=O) groups is 1.